The van der Waals surface area contributed by atoms with Crippen molar-refractivity contribution in [3.8, 4) is 0 Å². The molecule has 0 saturated carbocycles. The van der Waals surface area contributed by atoms with Crippen LogP contribution in [0.2, 0.25) is 0 Å². The molecule has 20 heavy (non-hydrogen) atoms. The van der Waals surface area contributed by atoms with Gasteiger partial charge in [0.1, 0.15) is 4.75 Å². The fraction of sp³-hybridized carbons (Fsp3) is 1.00. The van der Waals surface area contributed by atoms with Crippen LogP contribution in [0.15, 0.2) is 0 Å². The molecule has 1 fully saturated rings. The van der Waals surface area contributed by atoms with Gasteiger partial charge in [-0.25, -0.2) is 0 Å². The lowest BCUT2D eigenvalue weighted by atomic mass is 9.91. The number of rotatable bonds is 4. The molecule has 0 unspecified atom stereocenters. The molecule has 0 aromatic rings. The molecule has 1 aliphatic heterocycles. The van der Waals surface area contributed by atoms with Gasteiger partial charge < -0.3 is 4.55 Å². The Hall–Kier alpha value is 0.0200. The number of nitrogens with zero attached hydrogens (tertiary/aromatic N) is 1. The zero-order valence-corrected chi connectivity index (χ0v) is 13.4. The molecule has 0 aromatic heterocycles. The molecule has 120 valence electrons. The average molecular weight is 314 g/mol. The highest BCUT2D eigenvalue weighted by Gasteiger charge is 2.35. The summed E-state index contributed by atoms with van der Waals surface area (Å²) < 4.78 is 51.7. The molecule has 2 atom stereocenters. The van der Waals surface area contributed by atoms with Crippen molar-refractivity contribution in [2.24, 2.45) is 5.92 Å². The number of piperidine rings is 1. The van der Waals surface area contributed by atoms with Gasteiger partial charge in [-0.3, -0.25) is 4.90 Å². The van der Waals surface area contributed by atoms with Gasteiger partial charge in [-0.1, -0.05) is 0 Å². The highest BCUT2D eigenvalue weighted by Crippen LogP contribution is 2.25. The Morgan fingerprint density at radius 3 is 2.15 bits per heavy atom. The molecule has 0 bridgehead atoms. The number of hydrogen-bond donors (Lipinski definition) is 1. The van der Waals surface area contributed by atoms with Gasteiger partial charge in [0.2, 0.25) is 0 Å². The van der Waals surface area contributed by atoms with Crippen LogP contribution in [0.4, 0.5) is 13.2 Å². The summed E-state index contributed by atoms with van der Waals surface area (Å²) in [6.45, 7) is 7.75. The largest absolute Gasteiger partial charge is 0.598 e. The van der Waals surface area contributed by atoms with Crippen molar-refractivity contribution < 1.29 is 17.7 Å². The lowest BCUT2D eigenvalue weighted by molar-refractivity contribution is -0.148. The number of likely N-dealkylation sites (tertiary alicyclic amines) is 1. The molecule has 3 nitrogen and oxygen atoms in total. The zero-order valence-electron chi connectivity index (χ0n) is 12.6. The maximum atomic E-state index is 12.3. The molecule has 7 heteroatoms. The molecule has 0 aromatic carbocycles. The first-order chi connectivity index (χ1) is 8.99. The van der Waals surface area contributed by atoms with Crippen molar-refractivity contribution in [2.45, 2.75) is 57.5 Å². The summed E-state index contributed by atoms with van der Waals surface area (Å²) in [5.74, 6) is 0.283. The summed E-state index contributed by atoms with van der Waals surface area (Å²) in [6, 6.07) is 0.0584. The van der Waals surface area contributed by atoms with E-state index in [1.807, 2.05) is 27.7 Å². The summed E-state index contributed by atoms with van der Waals surface area (Å²) >= 11 is -1.14. The first-order valence-electron chi connectivity index (χ1n) is 6.96. The average Bonchev–Trinajstić information content (AvgIpc) is 2.26. The SMILES string of the molecule is C[C@@H](N[S@@+]([O-])C(C)(C)C)C1CCN(CC(F)(F)F)CC1. The standard InChI is InChI=1S/C13H25F3N2OS/c1-10(17-20(19)12(2,3)4)11-5-7-18(8-6-11)9-13(14,15)16/h10-11,17H,5-9H2,1-4H3/t10-,20+/m1/s1. The van der Waals surface area contributed by atoms with Crippen molar-refractivity contribution in [1.29, 1.82) is 0 Å². The summed E-state index contributed by atoms with van der Waals surface area (Å²) in [5.41, 5.74) is 0. The Balaban J connectivity index is 2.38. The Morgan fingerprint density at radius 2 is 1.75 bits per heavy atom. The lowest BCUT2D eigenvalue weighted by Gasteiger charge is -2.36. The van der Waals surface area contributed by atoms with Gasteiger partial charge in [0.15, 0.2) is 0 Å². The Bertz CT molecular complexity index is 299. The minimum absolute atomic E-state index is 0.0584. The Kier molecular flexibility index (Phi) is 6.19. The van der Waals surface area contributed by atoms with Crippen LogP contribution >= 0.6 is 0 Å². The summed E-state index contributed by atoms with van der Waals surface area (Å²) in [7, 11) is 0. The lowest BCUT2D eigenvalue weighted by Crippen LogP contribution is -2.49. The summed E-state index contributed by atoms with van der Waals surface area (Å²) in [5, 5.41) is 0. The molecular formula is C13H25F3N2OS. The van der Waals surface area contributed by atoms with Crippen molar-refractivity contribution >= 4 is 11.4 Å². The molecule has 0 radical (unpaired) electrons. The van der Waals surface area contributed by atoms with Gasteiger partial charge in [-0.2, -0.15) is 13.2 Å². The van der Waals surface area contributed by atoms with E-state index in [-0.39, 0.29) is 16.7 Å². The highest BCUT2D eigenvalue weighted by atomic mass is 32.2. The predicted octanol–water partition coefficient (Wildman–Crippen LogP) is 2.70. The van der Waals surface area contributed by atoms with Crippen LogP contribution in [0, 0.1) is 5.92 Å². The number of hydrogen-bond acceptors (Lipinski definition) is 3. The number of halogens is 3. The van der Waals surface area contributed by atoms with Gasteiger partial charge in [-0.15, -0.1) is 4.72 Å². The van der Waals surface area contributed by atoms with Crippen molar-refractivity contribution in [3.63, 3.8) is 0 Å². The van der Waals surface area contributed by atoms with Crippen LogP contribution < -0.4 is 4.72 Å². The molecule has 1 N–H and O–H groups in total. The third-order valence-corrected chi connectivity index (χ3v) is 5.29. The molecule has 1 aliphatic rings. The highest BCUT2D eigenvalue weighted by molar-refractivity contribution is 7.90. The molecule has 0 aliphatic carbocycles. The van der Waals surface area contributed by atoms with E-state index in [2.05, 4.69) is 4.72 Å². The van der Waals surface area contributed by atoms with Crippen molar-refractivity contribution in [2.75, 3.05) is 19.6 Å². The second-order valence-electron chi connectivity index (χ2n) is 6.52. The van der Waals surface area contributed by atoms with Gasteiger partial charge in [0.25, 0.3) is 0 Å². The van der Waals surface area contributed by atoms with Gasteiger partial charge in [-0.05, 0) is 59.5 Å². The Morgan fingerprint density at radius 1 is 1.25 bits per heavy atom. The van der Waals surface area contributed by atoms with E-state index in [1.54, 1.807) is 0 Å². The van der Waals surface area contributed by atoms with Crippen LogP contribution in [0.1, 0.15) is 40.5 Å². The predicted molar refractivity (Wildman–Crippen MR) is 75.7 cm³/mol. The van der Waals surface area contributed by atoms with E-state index in [0.29, 0.717) is 25.9 Å². The molecule has 1 heterocycles. The smallest absolute Gasteiger partial charge is 0.401 e. The summed E-state index contributed by atoms with van der Waals surface area (Å²) in [4.78, 5) is 1.45. The maximum absolute atomic E-state index is 12.3. The summed E-state index contributed by atoms with van der Waals surface area (Å²) in [6.07, 6.45) is -2.69. The van der Waals surface area contributed by atoms with E-state index in [1.165, 1.54) is 4.90 Å². The van der Waals surface area contributed by atoms with Crippen molar-refractivity contribution in [1.82, 2.24) is 9.62 Å². The van der Waals surface area contributed by atoms with Crippen LogP contribution in [-0.4, -0.2) is 46.1 Å². The minimum atomic E-state index is -4.12. The second kappa shape index (κ2) is 6.85. The van der Waals surface area contributed by atoms with E-state index in [9.17, 15) is 17.7 Å². The van der Waals surface area contributed by atoms with Gasteiger partial charge >= 0.3 is 6.18 Å². The van der Waals surface area contributed by atoms with Crippen LogP contribution in [0.3, 0.4) is 0 Å². The zero-order chi connectivity index (χ0) is 15.6. The van der Waals surface area contributed by atoms with Crippen LogP contribution in [0.25, 0.3) is 0 Å². The monoisotopic (exact) mass is 314 g/mol. The van der Waals surface area contributed by atoms with Gasteiger partial charge in [0.05, 0.1) is 12.6 Å². The van der Waals surface area contributed by atoms with Crippen molar-refractivity contribution in [3.05, 3.63) is 0 Å². The fourth-order valence-corrected chi connectivity index (χ4v) is 3.19. The van der Waals surface area contributed by atoms with Crippen LogP contribution in [-0.2, 0) is 11.4 Å². The van der Waals surface area contributed by atoms with E-state index in [0.717, 1.165) is 0 Å². The quantitative estimate of drug-likeness (QED) is 0.811. The third kappa shape index (κ3) is 6.20. The van der Waals surface area contributed by atoms with Crippen LogP contribution in [0.5, 0.6) is 0 Å². The van der Waals surface area contributed by atoms with E-state index < -0.39 is 24.1 Å². The number of alkyl halides is 3. The van der Waals surface area contributed by atoms with E-state index in [4.69, 9.17) is 0 Å². The third-order valence-electron chi connectivity index (χ3n) is 3.59. The molecule has 1 saturated heterocycles. The normalized spacial score (nSPS) is 22.8. The second-order valence-corrected chi connectivity index (χ2v) is 8.51. The maximum Gasteiger partial charge on any atom is 0.401 e. The first kappa shape index (κ1) is 18.1. The molecule has 0 amide bonds. The fourth-order valence-electron chi connectivity index (χ4n) is 2.31. The van der Waals surface area contributed by atoms with E-state index >= 15 is 0 Å². The molecular weight excluding hydrogens is 289 g/mol. The minimum Gasteiger partial charge on any atom is -0.598 e. The first-order valence-corrected chi connectivity index (χ1v) is 8.11. The number of nitrogens with one attached hydrogen (secondary N) is 1. The van der Waals surface area contributed by atoms with Gasteiger partial charge in [0, 0.05) is 11.4 Å². The topological polar surface area (TPSA) is 38.3 Å². The molecule has 1 rings (SSSR count). The Labute approximate surface area is 122 Å². The molecule has 0 spiro atoms.